The van der Waals surface area contributed by atoms with Crippen LogP contribution in [0.15, 0.2) is 48.5 Å². The number of ether oxygens (including phenoxy) is 1. The lowest BCUT2D eigenvalue weighted by atomic mass is 10.1. The Morgan fingerprint density at radius 2 is 1.77 bits per heavy atom. The number of carbonyl (C=O) groups is 2. The second-order valence-corrected chi connectivity index (χ2v) is 8.77. The monoisotopic (exact) mass is 410 g/mol. The summed E-state index contributed by atoms with van der Waals surface area (Å²) in [4.78, 5) is 26.7. The summed E-state index contributed by atoms with van der Waals surface area (Å²) in [7, 11) is 0. The summed E-state index contributed by atoms with van der Waals surface area (Å²) in [5, 5.41) is 13.1. The van der Waals surface area contributed by atoms with Gasteiger partial charge in [-0.3, -0.25) is 14.5 Å². The molecular formula is C24H30N2O4. The normalized spacial score (nSPS) is 14.8. The first kappa shape index (κ1) is 22.0. The van der Waals surface area contributed by atoms with Gasteiger partial charge >= 0.3 is 5.97 Å². The zero-order chi connectivity index (χ0) is 21.7. The highest BCUT2D eigenvalue weighted by Crippen LogP contribution is 2.22. The van der Waals surface area contributed by atoms with Crippen LogP contribution in [0.1, 0.15) is 47.8 Å². The summed E-state index contributed by atoms with van der Waals surface area (Å²) < 4.78 is 5.33. The number of aliphatic hydroxyl groups excluding tert-OH is 1. The number of nitrogens with one attached hydrogen (secondary N) is 1. The van der Waals surface area contributed by atoms with E-state index < -0.39 is 11.7 Å². The summed E-state index contributed by atoms with van der Waals surface area (Å²) >= 11 is 0. The van der Waals surface area contributed by atoms with Gasteiger partial charge in [0.25, 0.3) is 5.91 Å². The average Bonchev–Trinajstić information content (AvgIpc) is 3.07. The van der Waals surface area contributed by atoms with Gasteiger partial charge in [0, 0.05) is 31.7 Å². The Kier molecular flexibility index (Phi) is 6.90. The Balaban J connectivity index is 1.47. The minimum absolute atomic E-state index is 0.108. The Morgan fingerprint density at radius 1 is 1.10 bits per heavy atom. The first-order chi connectivity index (χ1) is 14.2. The molecule has 1 aliphatic heterocycles. The zero-order valence-corrected chi connectivity index (χ0v) is 17.9. The highest BCUT2D eigenvalue weighted by Gasteiger charge is 2.21. The summed E-state index contributed by atoms with van der Waals surface area (Å²) in [6, 6.07) is 15.2. The number of amides is 1. The highest BCUT2D eigenvalue weighted by molar-refractivity contribution is 5.94. The number of hydrogen-bond acceptors (Lipinski definition) is 5. The highest BCUT2D eigenvalue weighted by atomic mass is 16.6. The summed E-state index contributed by atoms with van der Waals surface area (Å²) in [5.74, 6) is -0.605. The third kappa shape index (κ3) is 6.40. The molecule has 0 aromatic heterocycles. The van der Waals surface area contributed by atoms with Gasteiger partial charge in [-0.1, -0.05) is 36.4 Å². The molecule has 0 saturated carbocycles. The van der Waals surface area contributed by atoms with Crippen molar-refractivity contribution >= 4 is 11.9 Å². The average molecular weight is 411 g/mol. The molecule has 0 bridgehead atoms. The molecule has 1 atom stereocenters. The number of aliphatic hydroxyl groups is 1. The van der Waals surface area contributed by atoms with E-state index in [0.717, 1.165) is 13.1 Å². The van der Waals surface area contributed by atoms with E-state index in [1.54, 1.807) is 24.3 Å². The van der Waals surface area contributed by atoms with Crippen molar-refractivity contribution in [3.63, 3.8) is 0 Å². The fourth-order valence-electron chi connectivity index (χ4n) is 3.57. The van der Waals surface area contributed by atoms with Crippen molar-refractivity contribution in [1.82, 2.24) is 10.2 Å². The van der Waals surface area contributed by atoms with Gasteiger partial charge in [-0.05, 0) is 49.6 Å². The van der Waals surface area contributed by atoms with Crippen molar-refractivity contribution in [3.05, 3.63) is 70.8 Å². The topological polar surface area (TPSA) is 78.9 Å². The third-order valence-corrected chi connectivity index (χ3v) is 4.83. The second-order valence-electron chi connectivity index (χ2n) is 8.77. The smallest absolute Gasteiger partial charge is 0.310 e. The molecule has 1 unspecified atom stereocenters. The first-order valence-electron chi connectivity index (χ1n) is 10.3. The van der Waals surface area contributed by atoms with Crippen LogP contribution in [0.4, 0.5) is 0 Å². The number of hydrogen-bond donors (Lipinski definition) is 2. The van der Waals surface area contributed by atoms with Gasteiger partial charge in [0.2, 0.25) is 0 Å². The predicted octanol–water partition coefficient (Wildman–Crippen LogP) is 2.68. The van der Waals surface area contributed by atoms with E-state index in [0.29, 0.717) is 17.7 Å². The van der Waals surface area contributed by atoms with E-state index >= 15 is 0 Å². The molecule has 160 valence electrons. The summed E-state index contributed by atoms with van der Waals surface area (Å²) in [5.41, 5.74) is 3.20. The number of nitrogens with zero attached hydrogens (tertiary/aromatic N) is 1. The lowest BCUT2D eigenvalue weighted by molar-refractivity contribution is -0.153. The number of carbonyl (C=O) groups excluding carboxylic acids is 2. The maximum atomic E-state index is 12.5. The molecule has 30 heavy (non-hydrogen) atoms. The van der Waals surface area contributed by atoms with Gasteiger partial charge in [0.15, 0.2) is 0 Å². The van der Waals surface area contributed by atoms with Crippen molar-refractivity contribution in [1.29, 1.82) is 0 Å². The first-order valence-corrected chi connectivity index (χ1v) is 10.3. The van der Waals surface area contributed by atoms with Gasteiger partial charge in [0.1, 0.15) is 5.60 Å². The molecule has 1 aliphatic rings. The van der Waals surface area contributed by atoms with Gasteiger partial charge in [-0.2, -0.15) is 0 Å². The molecule has 3 rings (SSSR count). The van der Waals surface area contributed by atoms with Crippen LogP contribution in [-0.2, 0) is 29.0 Å². The Bertz CT molecular complexity index is 879. The molecule has 6 nitrogen and oxygen atoms in total. The Labute approximate surface area is 177 Å². The van der Waals surface area contributed by atoms with Crippen molar-refractivity contribution in [2.45, 2.75) is 52.0 Å². The molecule has 1 amide bonds. The minimum Gasteiger partial charge on any atom is -0.460 e. The predicted molar refractivity (Wildman–Crippen MR) is 115 cm³/mol. The molecule has 0 radical (unpaired) electrons. The minimum atomic E-state index is -0.659. The van der Waals surface area contributed by atoms with E-state index in [-0.39, 0.29) is 24.8 Å². The molecule has 2 N–H and O–H groups in total. The molecule has 0 fully saturated rings. The fraction of sp³-hybridized carbons (Fsp3) is 0.417. The number of fused-ring (bicyclic) bond motifs is 1. The molecule has 0 spiro atoms. The lowest BCUT2D eigenvalue weighted by Gasteiger charge is -2.20. The van der Waals surface area contributed by atoms with Crippen LogP contribution in [0.3, 0.4) is 0 Å². The van der Waals surface area contributed by atoms with Crippen LogP contribution in [0, 0.1) is 0 Å². The van der Waals surface area contributed by atoms with E-state index in [4.69, 9.17) is 4.74 Å². The Hall–Kier alpha value is -2.70. The summed E-state index contributed by atoms with van der Waals surface area (Å²) in [6.45, 7) is 7.75. The Morgan fingerprint density at radius 3 is 2.40 bits per heavy atom. The van der Waals surface area contributed by atoms with Crippen molar-refractivity contribution in [2.75, 3.05) is 13.1 Å². The second kappa shape index (κ2) is 9.41. The SMILES string of the molecule is CC(C)(C)OC(=O)Cc1cccc(C(=O)NCC(O)CN2Cc3ccccc3C2)c1. The van der Waals surface area contributed by atoms with Crippen molar-refractivity contribution in [3.8, 4) is 0 Å². The summed E-state index contributed by atoms with van der Waals surface area (Å²) in [6.07, 6.45) is -0.551. The van der Waals surface area contributed by atoms with E-state index in [1.165, 1.54) is 11.1 Å². The van der Waals surface area contributed by atoms with Gasteiger partial charge in [-0.25, -0.2) is 0 Å². The number of benzene rings is 2. The maximum absolute atomic E-state index is 12.5. The van der Waals surface area contributed by atoms with Gasteiger partial charge in [0.05, 0.1) is 12.5 Å². The van der Waals surface area contributed by atoms with Gasteiger partial charge < -0.3 is 15.2 Å². The van der Waals surface area contributed by atoms with Crippen LogP contribution < -0.4 is 5.32 Å². The van der Waals surface area contributed by atoms with E-state index in [2.05, 4.69) is 22.3 Å². The van der Waals surface area contributed by atoms with Crippen LogP contribution in [0.2, 0.25) is 0 Å². The molecule has 6 heteroatoms. The maximum Gasteiger partial charge on any atom is 0.310 e. The molecule has 1 heterocycles. The molecule has 2 aromatic rings. The quantitative estimate of drug-likeness (QED) is 0.686. The van der Waals surface area contributed by atoms with Crippen LogP contribution in [0.5, 0.6) is 0 Å². The standard InChI is InChI=1S/C24H30N2O4/c1-24(2,3)30-22(28)12-17-7-6-10-18(11-17)23(29)25-13-21(27)16-26-14-19-8-4-5-9-20(19)15-26/h4-11,21,27H,12-16H2,1-3H3,(H,25,29). The zero-order valence-electron chi connectivity index (χ0n) is 17.9. The number of β-amino-alcohol motifs (C(OH)–C–C–N with tert-alkyl or cyclic N) is 1. The van der Waals surface area contributed by atoms with E-state index in [9.17, 15) is 14.7 Å². The molecule has 0 aliphatic carbocycles. The largest absolute Gasteiger partial charge is 0.460 e. The van der Waals surface area contributed by atoms with Gasteiger partial charge in [-0.15, -0.1) is 0 Å². The molecule has 0 saturated heterocycles. The molecule has 2 aromatic carbocycles. The van der Waals surface area contributed by atoms with Crippen molar-refractivity contribution in [2.24, 2.45) is 0 Å². The number of rotatable bonds is 7. The fourth-order valence-corrected chi connectivity index (χ4v) is 3.57. The van der Waals surface area contributed by atoms with E-state index in [1.807, 2.05) is 32.9 Å². The van der Waals surface area contributed by atoms with Crippen molar-refractivity contribution < 1.29 is 19.4 Å². The molecular weight excluding hydrogens is 380 g/mol. The van der Waals surface area contributed by atoms with Crippen LogP contribution >= 0.6 is 0 Å². The third-order valence-electron chi connectivity index (χ3n) is 4.83. The van der Waals surface area contributed by atoms with Crippen LogP contribution in [-0.4, -0.2) is 46.7 Å². The lowest BCUT2D eigenvalue weighted by Crippen LogP contribution is -2.38. The number of esters is 1. The van der Waals surface area contributed by atoms with Crippen LogP contribution in [0.25, 0.3) is 0 Å².